The van der Waals surface area contributed by atoms with E-state index in [4.69, 9.17) is 4.42 Å². The third-order valence-electron chi connectivity index (χ3n) is 4.17. The Bertz CT molecular complexity index is 624. The minimum absolute atomic E-state index is 0.0368. The van der Waals surface area contributed by atoms with Crippen LogP contribution in [-0.4, -0.2) is 29.1 Å². The monoisotopic (exact) mass is 363 g/mol. The van der Waals surface area contributed by atoms with E-state index in [1.165, 1.54) is 0 Å². The Kier molecular flexibility index (Phi) is 4.64. The number of rotatable bonds is 4. The van der Waals surface area contributed by atoms with Gasteiger partial charge in [0.15, 0.2) is 0 Å². The standard InChI is InChI=1S/C17H18BrNO3/c18-14-7-5-12(6-8-14)16(15-4-2-10-22-15)19-9-1-3-13(11-19)17(20)21/h2,4-8,10,13,16H,1,3,9,11H2,(H,20,21). The summed E-state index contributed by atoms with van der Waals surface area (Å²) in [6.45, 7) is 1.43. The quantitative estimate of drug-likeness (QED) is 0.893. The first-order valence-electron chi connectivity index (χ1n) is 7.41. The average Bonchev–Trinajstić information content (AvgIpc) is 3.04. The highest BCUT2D eigenvalue weighted by atomic mass is 79.9. The van der Waals surface area contributed by atoms with E-state index in [0.29, 0.717) is 6.54 Å². The summed E-state index contributed by atoms with van der Waals surface area (Å²) in [5, 5.41) is 9.32. The summed E-state index contributed by atoms with van der Waals surface area (Å²) in [4.78, 5) is 13.5. The van der Waals surface area contributed by atoms with Crippen LogP contribution in [0.25, 0.3) is 0 Å². The van der Waals surface area contributed by atoms with Crippen LogP contribution in [-0.2, 0) is 4.79 Å². The summed E-state index contributed by atoms with van der Waals surface area (Å²) in [5.74, 6) is -0.159. The van der Waals surface area contributed by atoms with Crippen molar-refractivity contribution in [2.45, 2.75) is 18.9 Å². The number of carboxylic acid groups (broad SMARTS) is 1. The van der Waals surface area contributed by atoms with E-state index in [0.717, 1.165) is 35.2 Å². The normalized spacial score (nSPS) is 20.7. The zero-order valence-electron chi connectivity index (χ0n) is 12.1. The number of nitrogens with zero attached hydrogens (tertiary/aromatic N) is 1. The molecule has 5 heteroatoms. The summed E-state index contributed by atoms with van der Waals surface area (Å²) in [7, 11) is 0. The van der Waals surface area contributed by atoms with E-state index in [-0.39, 0.29) is 12.0 Å². The number of benzene rings is 1. The second-order valence-corrected chi connectivity index (χ2v) is 6.56. The van der Waals surface area contributed by atoms with Crippen LogP contribution in [0.5, 0.6) is 0 Å². The minimum atomic E-state index is -0.710. The molecule has 1 aromatic heterocycles. The molecule has 0 saturated carbocycles. The first kappa shape index (κ1) is 15.3. The van der Waals surface area contributed by atoms with E-state index in [2.05, 4.69) is 33.0 Å². The molecule has 0 radical (unpaired) electrons. The molecule has 22 heavy (non-hydrogen) atoms. The molecule has 2 unspecified atom stereocenters. The number of carboxylic acids is 1. The van der Waals surface area contributed by atoms with Gasteiger partial charge in [-0.1, -0.05) is 28.1 Å². The lowest BCUT2D eigenvalue weighted by Gasteiger charge is -2.36. The van der Waals surface area contributed by atoms with Crippen molar-refractivity contribution in [2.75, 3.05) is 13.1 Å². The number of hydrogen-bond acceptors (Lipinski definition) is 3. The van der Waals surface area contributed by atoms with Crippen molar-refractivity contribution >= 4 is 21.9 Å². The topological polar surface area (TPSA) is 53.7 Å². The molecule has 1 aliphatic heterocycles. The van der Waals surface area contributed by atoms with Crippen LogP contribution in [0, 0.1) is 5.92 Å². The summed E-state index contributed by atoms with van der Waals surface area (Å²) in [6.07, 6.45) is 3.31. The summed E-state index contributed by atoms with van der Waals surface area (Å²) in [6, 6.07) is 11.9. The van der Waals surface area contributed by atoms with Gasteiger partial charge in [0.25, 0.3) is 0 Å². The average molecular weight is 364 g/mol. The fourth-order valence-electron chi connectivity index (χ4n) is 3.09. The molecule has 3 rings (SSSR count). The summed E-state index contributed by atoms with van der Waals surface area (Å²) in [5.41, 5.74) is 1.11. The summed E-state index contributed by atoms with van der Waals surface area (Å²) < 4.78 is 6.65. The first-order chi connectivity index (χ1) is 10.6. The Morgan fingerprint density at radius 1 is 1.32 bits per heavy atom. The van der Waals surface area contributed by atoms with Gasteiger partial charge in [0, 0.05) is 11.0 Å². The number of halogens is 1. The van der Waals surface area contributed by atoms with Crippen molar-refractivity contribution in [3.8, 4) is 0 Å². The van der Waals surface area contributed by atoms with Gasteiger partial charge in [-0.3, -0.25) is 9.69 Å². The van der Waals surface area contributed by atoms with E-state index >= 15 is 0 Å². The third-order valence-corrected chi connectivity index (χ3v) is 4.69. The Morgan fingerprint density at radius 2 is 2.09 bits per heavy atom. The molecule has 116 valence electrons. The third kappa shape index (κ3) is 3.25. The molecule has 0 aliphatic carbocycles. The molecule has 2 aromatic rings. The van der Waals surface area contributed by atoms with Gasteiger partial charge in [-0.2, -0.15) is 0 Å². The van der Waals surface area contributed by atoms with Gasteiger partial charge < -0.3 is 9.52 Å². The predicted molar refractivity (Wildman–Crippen MR) is 86.6 cm³/mol. The molecule has 1 aliphatic rings. The van der Waals surface area contributed by atoms with Gasteiger partial charge in [0.1, 0.15) is 5.76 Å². The summed E-state index contributed by atoms with van der Waals surface area (Å²) >= 11 is 3.45. The number of aliphatic carboxylic acids is 1. The lowest BCUT2D eigenvalue weighted by atomic mass is 9.94. The second-order valence-electron chi connectivity index (χ2n) is 5.64. The van der Waals surface area contributed by atoms with Crippen LogP contribution in [0.15, 0.2) is 51.6 Å². The Hall–Kier alpha value is -1.59. The Morgan fingerprint density at radius 3 is 2.73 bits per heavy atom. The highest BCUT2D eigenvalue weighted by Gasteiger charge is 2.32. The fourth-order valence-corrected chi connectivity index (χ4v) is 3.35. The lowest BCUT2D eigenvalue weighted by Crippen LogP contribution is -2.41. The highest BCUT2D eigenvalue weighted by Crippen LogP contribution is 2.33. The highest BCUT2D eigenvalue weighted by molar-refractivity contribution is 9.10. The van der Waals surface area contributed by atoms with Crippen molar-refractivity contribution in [1.82, 2.24) is 4.90 Å². The van der Waals surface area contributed by atoms with Crippen LogP contribution in [0.2, 0.25) is 0 Å². The molecule has 2 atom stereocenters. The maximum atomic E-state index is 11.3. The maximum Gasteiger partial charge on any atom is 0.307 e. The van der Waals surface area contributed by atoms with Gasteiger partial charge in [-0.05, 0) is 49.2 Å². The van der Waals surface area contributed by atoms with Gasteiger partial charge in [0.2, 0.25) is 0 Å². The second kappa shape index (κ2) is 6.67. The maximum absolute atomic E-state index is 11.3. The van der Waals surface area contributed by atoms with Crippen LogP contribution in [0.4, 0.5) is 0 Å². The SMILES string of the molecule is O=C(O)C1CCCN(C(c2ccc(Br)cc2)c2ccco2)C1. The fraction of sp³-hybridized carbons (Fsp3) is 0.353. The van der Waals surface area contributed by atoms with Gasteiger partial charge in [-0.25, -0.2) is 0 Å². The molecule has 2 heterocycles. The van der Waals surface area contributed by atoms with Crippen LogP contribution in [0.1, 0.15) is 30.2 Å². The smallest absolute Gasteiger partial charge is 0.307 e. The molecule has 1 aromatic carbocycles. The number of likely N-dealkylation sites (tertiary alicyclic amines) is 1. The van der Waals surface area contributed by atoms with Crippen molar-refractivity contribution in [3.63, 3.8) is 0 Å². The molecule has 4 nitrogen and oxygen atoms in total. The molecule has 0 bridgehead atoms. The Labute approximate surface area is 137 Å². The van der Waals surface area contributed by atoms with Gasteiger partial charge >= 0.3 is 5.97 Å². The zero-order chi connectivity index (χ0) is 15.5. The van der Waals surface area contributed by atoms with Crippen LogP contribution < -0.4 is 0 Å². The van der Waals surface area contributed by atoms with Crippen molar-refractivity contribution in [1.29, 1.82) is 0 Å². The molecule has 0 spiro atoms. The van der Waals surface area contributed by atoms with Gasteiger partial charge in [0.05, 0.1) is 18.2 Å². The predicted octanol–water partition coefficient (Wildman–Crippen LogP) is 3.93. The van der Waals surface area contributed by atoms with Crippen molar-refractivity contribution in [3.05, 3.63) is 58.5 Å². The van der Waals surface area contributed by atoms with E-state index in [1.54, 1.807) is 6.26 Å². The van der Waals surface area contributed by atoms with Crippen molar-refractivity contribution < 1.29 is 14.3 Å². The molecular formula is C17H18BrNO3. The first-order valence-corrected chi connectivity index (χ1v) is 8.20. The molecule has 0 amide bonds. The number of carbonyl (C=O) groups is 1. The number of furan rings is 1. The van der Waals surface area contributed by atoms with E-state index < -0.39 is 5.97 Å². The minimum Gasteiger partial charge on any atom is -0.481 e. The molecule has 1 N–H and O–H groups in total. The molecule has 1 fully saturated rings. The number of piperidine rings is 1. The largest absolute Gasteiger partial charge is 0.481 e. The van der Waals surface area contributed by atoms with Crippen LogP contribution >= 0.6 is 15.9 Å². The van der Waals surface area contributed by atoms with E-state index in [9.17, 15) is 9.90 Å². The molecular weight excluding hydrogens is 346 g/mol. The number of hydrogen-bond donors (Lipinski definition) is 1. The van der Waals surface area contributed by atoms with E-state index in [1.807, 2.05) is 24.3 Å². The van der Waals surface area contributed by atoms with Crippen molar-refractivity contribution in [2.24, 2.45) is 5.92 Å². The molecule has 1 saturated heterocycles. The van der Waals surface area contributed by atoms with Crippen LogP contribution in [0.3, 0.4) is 0 Å². The lowest BCUT2D eigenvalue weighted by molar-refractivity contribution is -0.143. The Balaban J connectivity index is 1.92. The van der Waals surface area contributed by atoms with Gasteiger partial charge in [-0.15, -0.1) is 0 Å². The zero-order valence-corrected chi connectivity index (χ0v) is 13.7.